The molecule has 0 aliphatic rings. The van der Waals surface area contributed by atoms with Gasteiger partial charge in [0, 0.05) is 4.47 Å². The molecule has 0 radical (unpaired) electrons. The molecule has 1 aromatic rings. The van der Waals surface area contributed by atoms with E-state index in [1.807, 2.05) is 32.0 Å². The number of benzene rings is 1. The number of hydrogen-bond acceptors (Lipinski definition) is 3. The molecule has 4 heteroatoms. The van der Waals surface area contributed by atoms with E-state index >= 15 is 0 Å². The molecule has 19 heavy (non-hydrogen) atoms. The Bertz CT molecular complexity index is 432. The van der Waals surface area contributed by atoms with Gasteiger partial charge in [-0.25, -0.2) is 4.79 Å². The van der Waals surface area contributed by atoms with Crippen molar-refractivity contribution in [2.75, 3.05) is 13.2 Å². The fourth-order valence-corrected chi connectivity index (χ4v) is 2.01. The van der Waals surface area contributed by atoms with Gasteiger partial charge in [-0.1, -0.05) is 41.9 Å². The van der Waals surface area contributed by atoms with Crippen LogP contribution >= 0.6 is 15.9 Å². The smallest absolute Gasteiger partial charge is 0.327 e. The van der Waals surface area contributed by atoms with Crippen LogP contribution in [0.1, 0.15) is 37.9 Å². The molecule has 0 aliphatic carbocycles. The van der Waals surface area contributed by atoms with Gasteiger partial charge in [-0.05, 0) is 43.5 Å². The fraction of sp³-hybridized carbons (Fsp3) is 0.533. The minimum absolute atomic E-state index is 0.218. The number of aryl methyl sites for hydroxylation is 1. The van der Waals surface area contributed by atoms with Crippen molar-refractivity contribution in [2.45, 2.75) is 33.7 Å². The first-order valence-electron chi connectivity index (χ1n) is 6.61. The third kappa shape index (κ3) is 4.96. The molecule has 0 saturated heterocycles. The summed E-state index contributed by atoms with van der Waals surface area (Å²) in [4.78, 5) is 12.1. The van der Waals surface area contributed by atoms with E-state index in [1.165, 1.54) is 0 Å². The maximum atomic E-state index is 12.1. The van der Waals surface area contributed by atoms with Crippen molar-refractivity contribution >= 4 is 21.9 Å². The maximum Gasteiger partial charge on any atom is 0.327 e. The summed E-state index contributed by atoms with van der Waals surface area (Å²) >= 11 is 3.47. The van der Waals surface area contributed by atoms with Crippen LogP contribution in [0.4, 0.5) is 0 Å². The monoisotopic (exact) mass is 327 g/mol. The number of esters is 1. The average Bonchev–Trinajstić information content (AvgIpc) is 2.33. The Labute approximate surface area is 123 Å². The van der Waals surface area contributed by atoms with Gasteiger partial charge in [0.25, 0.3) is 0 Å². The summed E-state index contributed by atoms with van der Waals surface area (Å²) in [5.74, 6) is 0.262. The van der Waals surface area contributed by atoms with E-state index in [0.717, 1.165) is 22.1 Å². The summed E-state index contributed by atoms with van der Waals surface area (Å²) in [5.41, 5.74) is 2.05. The van der Waals surface area contributed by atoms with Crippen molar-refractivity contribution in [2.24, 2.45) is 5.92 Å². The lowest BCUT2D eigenvalue weighted by Gasteiger charge is -2.19. The molecule has 1 rings (SSSR count). The number of nitrogens with one attached hydrogen (secondary N) is 1. The van der Waals surface area contributed by atoms with Gasteiger partial charge in [-0.15, -0.1) is 0 Å². The summed E-state index contributed by atoms with van der Waals surface area (Å²) < 4.78 is 6.19. The van der Waals surface area contributed by atoms with E-state index in [4.69, 9.17) is 4.74 Å². The van der Waals surface area contributed by atoms with Crippen LogP contribution in [0.25, 0.3) is 0 Å². The number of carbonyl (C=O) groups excluding carboxylic acids is 1. The highest BCUT2D eigenvalue weighted by atomic mass is 79.9. The second-order valence-corrected chi connectivity index (χ2v) is 5.85. The van der Waals surface area contributed by atoms with E-state index in [0.29, 0.717) is 12.5 Å². The molecule has 0 heterocycles. The third-order valence-corrected chi connectivity index (χ3v) is 3.66. The molecular weight excluding hydrogens is 306 g/mol. The molecule has 0 saturated carbocycles. The molecule has 0 aromatic heterocycles. The van der Waals surface area contributed by atoms with Gasteiger partial charge in [-0.3, -0.25) is 0 Å². The molecule has 106 valence electrons. The predicted molar refractivity (Wildman–Crippen MR) is 81.1 cm³/mol. The van der Waals surface area contributed by atoms with E-state index in [1.54, 1.807) is 0 Å². The minimum Gasteiger partial charge on any atom is -0.465 e. The quantitative estimate of drug-likeness (QED) is 0.811. The summed E-state index contributed by atoms with van der Waals surface area (Å²) in [7, 11) is 0. The van der Waals surface area contributed by atoms with Crippen molar-refractivity contribution in [1.29, 1.82) is 0 Å². The van der Waals surface area contributed by atoms with Crippen LogP contribution in [0.15, 0.2) is 22.7 Å². The number of ether oxygens (including phenoxy) is 1. The molecule has 0 bridgehead atoms. The first-order chi connectivity index (χ1) is 8.95. The van der Waals surface area contributed by atoms with Crippen LogP contribution in [0, 0.1) is 12.8 Å². The van der Waals surface area contributed by atoms with E-state index in [9.17, 15) is 4.79 Å². The molecule has 0 fully saturated rings. The van der Waals surface area contributed by atoms with E-state index in [2.05, 4.69) is 35.1 Å². The molecule has 3 nitrogen and oxygen atoms in total. The lowest BCUT2D eigenvalue weighted by molar-refractivity contribution is -0.145. The van der Waals surface area contributed by atoms with Crippen LogP contribution < -0.4 is 5.32 Å². The van der Waals surface area contributed by atoms with Crippen molar-refractivity contribution < 1.29 is 9.53 Å². The lowest BCUT2D eigenvalue weighted by atomic mass is 10.0. The normalized spacial score (nSPS) is 12.5. The van der Waals surface area contributed by atoms with Gasteiger partial charge < -0.3 is 10.1 Å². The van der Waals surface area contributed by atoms with E-state index < -0.39 is 6.04 Å². The SMILES string of the molecule is CCOC(=O)C(NCC(C)C)c1ccc(Br)c(C)c1. The van der Waals surface area contributed by atoms with Gasteiger partial charge >= 0.3 is 5.97 Å². The second-order valence-electron chi connectivity index (χ2n) is 5.00. The largest absolute Gasteiger partial charge is 0.465 e. The summed E-state index contributed by atoms with van der Waals surface area (Å²) in [6.07, 6.45) is 0. The number of carbonyl (C=O) groups is 1. The zero-order valence-corrected chi connectivity index (χ0v) is 13.6. The Morgan fingerprint density at radius 2 is 2.11 bits per heavy atom. The molecule has 0 spiro atoms. The van der Waals surface area contributed by atoms with Crippen LogP contribution in [-0.4, -0.2) is 19.1 Å². The summed E-state index contributed by atoms with van der Waals surface area (Å²) in [6, 6.07) is 5.54. The highest BCUT2D eigenvalue weighted by Gasteiger charge is 2.22. The summed E-state index contributed by atoms with van der Waals surface area (Å²) in [6.45, 7) is 9.24. The fourth-order valence-electron chi connectivity index (χ4n) is 1.76. The van der Waals surface area contributed by atoms with Gasteiger partial charge in [-0.2, -0.15) is 0 Å². The second kappa shape index (κ2) is 7.65. The number of hydrogen-bond donors (Lipinski definition) is 1. The van der Waals surface area contributed by atoms with Crippen LogP contribution in [0.2, 0.25) is 0 Å². The van der Waals surface area contributed by atoms with Crippen molar-refractivity contribution in [3.05, 3.63) is 33.8 Å². The molecular formula is C15H22BrNO2. The van der Waals surface area contributed by atoms with Crippen LogP contribution in [-0.2, 0) is 9.53 Å². The van der Waals surface area contributed by atoms with Gasteiger partial charge in [0.15, 0.2) is 0 Å². The molecule has 1 atom stereocenters. The van der Waals surface area contributed by atoms with Gasteiger partial charge in [0.05, 0.1) is 6.61 Å². The zero-order chi connectivity index (χ0) is 14.4. The molecule has 1 unspecified atom stereocenters. The Balaban J connectivity index is 2.93. The predicted octanol–water partition coefficient (Wildman–Crippen LogP) is 3.61. The minimum atomic E-state index is -0.394. The Morgan fingerprint density at radius 1 is 1.42 bits per heavy atom. The van der Waals surface area contributed by atoms with Crippen LogP contribution in [0.5, 0.6) is 0 Å². The number of halogens is 1. The van der Waals surface area contributed by atoms with Crippen LogP contribution in [0.3, 0.4) is 0 Å². The molecule has 1 aromatic carbocycles. The lowest BCUT2D eigenvalue weighted by Crippen LogP contribution is -2.32. The zero-order valence-electron chi connectivity index (χ0n) is 12.0. The third-order valence-electron chi connectivity index (χ3n) is 2.77. The Morgan fingerprint density at radius 3 is 2.63 bits per heavy atom. The Kier molecular flexibility index (Phi) is 6.52. The molecule has 0 aliphatic heterocycles. The highest BCUT2D eigenvalue weighted by Crippen LogP contribution is 2.22. The first-order valence-corrected chi connectivity index (χ1v) is 7.41. The van der Waals surface area contributed by atoms with Crippen molar-refractivity contribution in [3.63, 3.8) is 0 Å². The van der Waals surface area contributed by atoms with Crippen molar-refractivity contribution in [3.8, 4) is 0 Å². The topological polar surface area (TPSA) is 38.3 Å². The van der Waals surface area contributed by atoms with Gasteiger partial charge in [0.2, 0.25) is 0 Å². The first kappa shape index (κ1) is 16.2. The maximum absolute atomic E-state index is 12.1. The van der Waals surface area contributed by atoms with E-state index in [-0.39, 0.29) is 5.97 Å². The van der Waals surface area contributed by atoms with Gasteiger partial charge in [0.1, 0.15) is 6.04 Å². The average molecular weight is 328 g/mol. The highest BCUT2D eigenvalue weighted by molar-refractivity contribution is 9.10. The number of rotatable bonds is 6. The molecule has 1 N–H and O–H groups in total. The molecule has 0 amide bonds. The Hall–Kier alpha value is -0.870. The summed E-state index contributed by atoms with van der Waals surface area (Å²) in [5, 5.41) is 3.28. The van der Waals surface area contributed by atoms with Crippen molar-refractivity contribution in [1.82, 2.24) is 5.32 Å². The standard InChI is InChI=1S/C15H22BrNO2/c1-5-19-15(18)14(17-9-10(2)3)12-6-7-13(16)11(4)8-12/h6-8,10,14,17H,5,9H2,1-4H3.